The third-order valence-electron chi connectivity index (χ3n) is 6.14. The summed E-state index contributed by atoms with van der Waals surface area (Å²) in [5.74, 6) is 1.02. The first kappa shape index (κ1) is 24.3. The summed E-state index contributed by atoms with van der Waals surface area (Å²) in [5, 5.41) is 2.71. The Bertz CT molecular complexity index is 1300. The van der Waals surface area contributed by atoms with Crippen molar-refractivity contribution in [3.8, 4) is 11.6 Å². The number of anilines is 2. The number of halogens is 3. The molecule has 1 fully saturated rings. The topological polar surface area (TPSA) is 92.7 Å². The number of nitrogens with zero attached hydrogens (tertiary/aromatic N) is 5. The predicted molar refractivity (Wildman–Crippen MR) is 130 cm³/mol. The van der Waals surface area contributed by atoms with Gasteiger partial charge in [0.25, 0.3) is 0 Å². The molecule has 1 N–H and O–H groups in total. The average Bonchev–Trinajstić information content (AvgIpc) is 3.34. The van der Waals surface area contributed by atoms with Crippen molar-refractivity contribution in [3.63, 3.8) is 0 Å². The Morgan fingerprint density at radius 3 is 2.41 bits per heavy atom. The van der Waals surface area contributed by atoms with Gasteiger partial charge in [-0.3, -0.25) is 0 Å². The molecule has 9 nitrogen and oxygen atoms in total. The number of carbonyl (C=O) groups is 1. The Kier molecular flexibility index (Phi) is 6.55. The number of fused-ring (bicyclic) bond motifs is 1. The van der Waals surface area contributed by atoms with Crippen LogP contribution >= 0.6 is 0 Å². The average molecular weight is 512 g/mol. The smallest absolute Gasteiger partial charge is 0.481 e. The van der Waals surface area contributed by atoms with Crippen LogP contribution in [-0.4, -0.2) is 65.5 Å². The second-order valence-corrected chi connectivity index (χ2v) is 8.47. The van der Waals surface area contributed by atoms with Gasteiger partial charge in [0.2, 0.25) is 5.88 Å². The molecule has 1 aromatic carbocycles. The molecule has 0 atom stereocenters. The number of hydrogen-bond acceptors (Lipinski definition) is 7. The molecule has 12 heteroatoms. The maximum absolute atomic E-state index is 12.7. The molecule has 37 heavy (non-hydrogen) atoms. The van der Waals surface area contributed by atoms with Crippen molar-refractivity contribution in [2.75, 3.05) is 43.5 Å². The molecular weight excluding hydrogens is 489 g/mol. The lowest BCUT2D eigenvalue weighted by molar-refractivity contribution is -0.274. The third kappa shape index (κ3) is 5.57. The van der Waals surface area contributed by atoms with E-state index in [1.165, 1.54) is 12.1 Å². The van der Waals surface area contributed by atoms with Crippen LogP contribution < -0.4 is 19.7 Å². The molecule has 0 unspecified atom stereocenters. The monoisotopic (exact) mass is 512 g/mol. The number of methoxy groups -OCH3 is 1. The molecule has 1 aliphatic heterocycles. The number of piperazine rings is 1. The van der Waals surface area contributed by atoms with Crippen LogP contribution in [0.1, 0.15) is 16.8 Å². The highest BCUT2D eigenvalue weighted by Gasteiger charge is 2.31. The number of rotatable bonds is 5. The largest absolute Gasteiger partial charge is 0.573 e. The SMILES string of the molecule is COc1ccc(C2=Cc3c(ncnc3N3CCN(C(=O)Nc4ccc(OC(F)(F)F)cc4)CC3)C2)cn1. The molecule has 3 aromatic rings. The summed E-state index contributed by atoms with van der Waals surface area (Å²) in [7, 11) is 1.58. The summed E-state index contributed by atoms with van der Waals surface area (Å²) in [6, 6.07) is 8.49. The number of pyridine rings is 1. The summed E-state index contributed by atoms with van der Waals surface area (Å²) < 4.78 is 46.0. The second-order valence-electron chi connectivity index (χ2n) is 8.47. The lowest BCUT2D eigenvalue weighted by Crippen LogP contribution is -2.50. The molecule has 2 aromatic heterocycles. The summed E-state index contributed by atoms with van der Waals surface area (Å²) in [6.45, 7) is 2.06. The number of alkyl halides is 3. The first-order valence-corrected chi connectivity index (χ1v) is 11.5. The Morgan fingerprint density at radius 2 is 1.76 bits per heavy atom. The minimum Gasteiger partial charge on any atom is -0.481 e. The quantitative estimate of drug-likeness (QED) is 0.547. The number of ether oxygens (including phenoxy) is 2. The van der Waals surface area contributed by atoms with E-state index in [2.05, 4.69) is 36.0 Å². The molecule has 0 saturated carbocycles. The van der Waals surface area contributed by atoms with Crippen molar-refractivity contribution in [1.82, 2.24) is 19.9 Å². The molecule has 5 rings (SSSR count). The number of benzene rings is 1. The third-order valence-corrected chi connectivity index (χ3v) is 6.14. The number of allylic oxidation sites excluding steroid dienone is 1. The van der Waals surface area contributed by atoms with E-state index in [4.69, 9.17) is 4.74 Å². The molecule has 1 aliphatic carbocycles. The van der Waals surface area contributed by atoms with Crippen LogP contribution in [0.2, 0.25) is 0 Å². The van der Waals surface area contributed by atoms with Crippen molar-refractivity contribution < 1.29 is 27.4 Å². The summed E-state index contributed by atoms with van der Waals surface area (Å²) >= 11 is 0. The van der Waals surface area contributed by atoms with Gasteiger partial charge in [-0.05, 0) is 47.5 Å². The van der Waals surface area contributed by atoms with Crippen molar-refractivity contribution in [1.29, 1.82) is 0 Å². The molecule has 3 heterocycles. The van der Waals surface area contributed by atoms with Crippen molar-refractivity contribution in [2.45, 2.75) is 12.8 Å². The van der Waals surface area contributed by atoms with Gasteiger partial charge in [-0.25, -0.2) is 19.7 Å². The van der Waals surface area contributed by atoms with Crippen molar-refractivity contribution in [2.24, 2.45) is 0 Å². The van der Waals surface area contributed by atoms with E-state index in [1.54, 1.807) is 24.5 Å². The zero-order chi connectivity index (χ0) is 26.0. The van der Waals surface area contributed by atoms with Gasteiger partial charge in [-0.15, -0.1) is 13.2 Å². The van der Waals surface area contributed by atoms with Crippen LogP contribution in [-0.2, 0) is 6.42 Å². The molecule has 0 radical (unpaired) electrons. The van der Waals surface area contributed by atoms with Gasteiger partial charge < -0.3 is 24.6 Å². The Morgan fingerprint density at radius 1 is 1.00 bits per heavy atom. The maximum atomic E-state index is 12.7. The van der Waals surface area contributed by atoms with Gasteiger partial charge in [0, 0.05) is 56.1 Å². The number of urea groups is 1. The second kappa shape index (κ2) is 9.96. The van der Waals surface area contributed by atoms with Gasteiger partial charge in [0.1, 0.15) is 17.9 Å². The Balaban J connectivity index is 1.21. The summed E-state index contributed by atoms with van der Waals surface area (Å²) in [5.41, 5.74) is 4.36. The Labute approximate surface area is 210 Å². The maximum Gasteiger partial charge on any atom is 0.573 e. The van der Waals surface area contributed by atoms with E-state index < -0.39 is 6.36 Å². The molecule has 192 valence electrons. The predicted octanol–water partition coefficient (Wildman–Crippen LogP) is 4.23. The van der Waals surface area contributed by atoms with E-state index >= 15 is 0 Å². The standard InChI is InChI=1S/C25H23F3N6O3/c1-36-22-7-2-16(14-29-22)17-12-20-21(13-17)30-15-31-23(20)33-8-10-34(11-9-33)24(35)32-18-3-5-19(6-4-18)37-25(26,27)28/h2-7,12,14-15H,8-11,13H2,1H3,(H,32,35). The summed E-state index contributed by atoms with van der Waals surface area (Å²) in [4.78, 5) is 29.7. The van der Waals surface area contributed by atoms with Crippen LogP contribution in [0.4, 0.5) is 29.5 Å². The van der Waals surface area contributed by atoms with Gasteiger partial charge in [0.15, 0.2) is 0 Å². The minimum atomic E-state index is -4.77. The Hall–Kier alpha value is -4.35. The normalized spacial score (nSPS) is 15.2. The van der Waals surface area contributed by atoms with E-state index in [1.807, 2.05) is 12.1 Å². The highest BCUT2D eigenvalue weighted by Crippen LogP contribution is 2.35. The van der Waals surface area contributed by atoms with Gasteiger partial charge >= 0.3 is 12.4 Å². The first-order valence-electron chi connectivity index (χ1n) is 11.5. The van der Waals surface area contributed by atoms with E-state index in [-0.39, 0.29) is 11.8 Å². The highest BCUT2D eigenvalue weighted by molar-refractivity contribution is 5.91. The van der Waals surface area contributed by atoms with E-state index in [0.717, 1.165) is 40.3 Å². The first-order chi connectivity index (χ1) is 17.8. The molecule has 0 spiro atoms. The number of hydrogen-bond donors (Lipinski definition) is 1. The number of aromatic nitrogens is 3. The number of carbonyl (C=O) groups excluding carboxylic acids is 1. The number of nitrogens with one attached hydrogen (secondary N) is 1. The van der Waals surface area contributed by atoms with Gasteiger partial charge in [-0.1, -0.05) is 0 Å². The van der Waals surface area contributed by atoms with Crippen molar-refractivity contribution in [3.05, 3.63) is 65.7 Å². The van der Waals surface area contributed by atoms with Crippen LogP contribution in [0.15, 0.2) is 48.9 Å². The van der Waals surface area contributed by atoms with E-state index in [9.17, 15) is 18.0 Å². The van der Waals surface area contributed by atoms with Crippen LogP contribution in [0.3, 0.4) is 0 Å². The lowest BCUT2D eigenvalue weighted by Gasteiger charge is -2.35. The van der Waals surface area contributed by atoms with Crippen LogP contribution in [0, 0.1) is 0 Å². The molecule has 0 bridgehead atoms. The zero-order valence-electron chi connectivity index (χ0n) is 19.8. The molecule has 2 amide bonds. The molecule has 1 saturated heterocycles. The van der Waals surface area contributed by atoms with Gasteiger partial charge in [-0.2, -0.15) is 0 Å². The fraction of sp³-hybridized carbons (Fsp3) is 0.280. The fourth-order valence-electron chi connectivity index (χ4n) is 4.31. The van der Waals surface area contributed by atoms with E-state index in [0.29, 0.717) is 44.2 Å². The highest BCUT2D eigenvalue weighted by atomic mass is 19.4. The van der Waals surface area contributed by atoms with Crippen LogP contribution in [0.25, 0.3) is 11.6 Å². The van der Waals surface area contributed by atoms with Crippen molar-refractivity contribution >= 4 is 29.2 Å². The zero-order valence-corrected chi connectivity index (χ0v) is 19.8. The van der Waals surface area contributed by atoms with Crippen LogP contribution in [0.5, 0.6) is 11.6 Å². The minimum absolute atomic E-state index is 0.328. The molecule has 2 aliphatic rings. The summed E-state index contributed by atoms with van der Waals surface area (Å²) in [6.07, 6.45) is 1.33. The fourth-order valence-corrected chi connectivity index (χ4v) is 4.31. The molecular formula is C25H23F3N6O3. The lowest BCUT2D eigenvalue weighted by atomic mass is 10.1. The number of amides is 2. The van der Waals surface area contributed by atoms with Gasteiger partial charge in [0.05, 0.1) is 12.8 Å².